The standard InChI is InChI=1S/C20H17N3O4/c24-18(12-23-20(26)17-7-2-1-4-14(17)11-21-23)27-16-6-3-5-15(10-16)22-19(25)13-8-9-13/h1-7,10-11,13H,8-9,12H2,(H,22,25). The van der Waals surface area contributed by atoms with Crippen LogP contribution in [0, 0.1) is 5.92 Å². The van der Waals surface area contributed by atoms with E-state index in [1.54, 1.807) is 42.5 Å². The molecule has 7 heteroatoms. The molecule has 3 aromatic rings. The molecule has 1 N–H and O–H groups in total. The second kappa shape index (κ2) is 7.03. The molecule has 0 unspecified atom stereocenters. The van der Waals surface area contributed by atoms with Crippen molar-refractivity contribution in [2.24, 2.45) is 5.92 Å². The number of carbonyl (C=O) groups is 2. The molecular formula is C20H17N3O4. The molecular weight excluding hydrogens is 346 g/mol. The van der Waals surface area contributed by atoms with Gasteiger partial charge in [0.15, 0.2) is 0 Å². The minimum absolute atomic E-state index is 0.0228. The van der Waals surface area contributed by atoms with Gasteiger partial charge in [0.05, 0.1) is 11.6 Å². The van der Waals surface area contributed by atoms with Crippen LogP contribution in [-0.2, 0) is 16.1 Å². The zero-order valence-electron chi connectivity index (χ0n) is 14.4. The van der Waals surface area contributed by atoms with Crippen LogP contribution in [-0.4, -0.2) is 21.7 Å². The van der Waals surface area contributed by atoms with Crippen molar-refractivity contribution in [2.45, 2.75) is 19.4 Å². The summed E-state index contributed by atoms with van der Waals surface area (Å²) in [6, 6.07) is 13.7. The summed E-state index contributed by atoms with van der Waals surface area (Å²) in [4.78, 5) is 36.4. The van der Waals surface area contributed by atoms with E-state index in [0.29, 0.717) is 22.2 Å². The maximum Gasteiger partial charge on any atom is 0.333 e. The number of hydrogen-bond acceptors (Lipinski definition) is 5. The molecule has 0 aliphatic heterocycles. The van der Waals surface area contributed by atoms with E-state index in [4.69, 9.17) is 4.74 Å². The monoisotopic (exact) mass is 363 g/mol. The number of nitrogens with zero attached hydrogens (tertiary/aromatic N) is 2. The van der Waals surface area contributed by atoms with Crippen molar-refractivity contribution in [1.29, 1.82) is 0 Å². The lowest BCUT2D eigenvalue weighted by atomic mass is 10.2. The van der Waals surface area contributed by atoms with Crippen LogP contribution in [0.2, 0.25) is 0 Å². The Labute approximate surface area is 154 Å². The maximum absolute atomic E-state index is 12.4. The fourth-order valence-electron chi connectivity index (χ4n) is 2.75. The number of nitrogens with one attached hydrogen (secondary N) is 1. The van der Waals surface area contributed by atoms with Crippen molar-refractivity contribution < 1.29 is 14.3 Å². The quantitative estimate of drug-likeness (QED) is 0.555. The van der Waals surface area contributed by atoms with E-state index >= 15 is 0 Å². The van der Waals surface area contributed by atoms with Crippen molar-refractivity contribution in [1.82, 2.24) is 9.78 Å². The van der Waals surface area contributed by atoms with Crippen LogP contribution >= 0.6 is 0 Å². The number of benzene rings is 2. The first kappa shape index (κ1) is 17.0. The predicted octanol–water partition coefficient (Wildman–Crippen LogP) is 2.35. The molecule has 1 aliphatic carbocycles. The van der Waals surface area contributed by atoms with Crippen LogP contribution in [0.15, 0.2) is 59.5 Å². The van der Waals surface area contributed by atoms with Gasteiger partial charge < -0.3 is 10.1 Å². The third kappa shape index (κ3) is 3.87. The molecule has 0 bridgehead atoms. The van der Waals surface area contributed by atoms with Crippen molar-refractivity contribution in [3.05, 3.63) is 65.1 Å². The van der Waals surface area contributed by atoms with Gasteiger partial charge in [0, 0.05) is 23.1 Å². The Kier molecular flexibility index (Phi) is 4.42. The van der Waals surface area contributed by atoms with Gasteiger partial charge in [0.2, 0.25) is 5.91 Å². The van der Waals surface area contributed by atoms with Crippen LogP contribution in [0.1, 0.15) is 12.8 Å². The molecule has 0 saturated heterocycles. The smallest absolute Gasteiger partial charge is 0.333 e. The molecule has 27 heavy (non-hydrogen) atoms. The third-order valence-corrected chi connectivity index (χ3v) is 4.32. The van der Waals surface area contributed by atoms with Crippen LogP contribution in [0.3, 0.4) is 0 Å². The fraction of sp³-hybridized carbons (Fsp3) is 0.200. The summed E-state index contributed by atoms with van der Waals surface area (Å²) in [5, 5.41) is 8.02. The first-order valence-corrected chi connectivity index (χ1v) is 8.66. The molecule has 2 aromatic carbocycles. The van der Waals surface area contributed by atoms with Crippen molar-refractivity contribution >= 4 is 28.3 Å². The van der Waals surface area contributed by atoms with Crippen molar-refractivity contribution in [2.75, 3.05) is 5.32 Å². The van der Waals surface area contributed by atoms with Crippen LogP contribution in [0.25, 0.3) is 10.8 Å². The molecule has 7 nitrogen and oxygen atoms in total. The van der Waals surface area contributed by atoms with E-state index in [0.717, 1.165) is 17.5 Å². The predicted molar refractivity (Wildman–Crippen MR) is 99.4 cm³/mol. The fourth-order valence-corrected chi connectivity index (χ4v) is 2.75. The molecule has 1 fully saturated rings. The Morgan fingerprint density at radius 3 is 2.78 bits per heavy atom. The lowest BCUT2D eigenvalue weighted by Gasteiger charge is -2.09. The Bertz CT molecular complexity index is 1090. The number of amides is 1. The van der Waals surface area contributed by atoms with Gasteiger partial charge in [-0.05, 0) is 31.0 Å². The van der Waals surface area contributed by atoms with Gasteiger partial charge in [0.1, 0.15) is 12.3 Å². The van der Waals surface area contributed by atoms with Gasteiger partial charge in [-0.1, -0.05) is 24.3 Å². The molecule has 0 atom stereocenters. The summed E-state index contributed by atoms with van der Waals surface area (Å²) < 4.78 is 6.37. The summed E-state index contributed by atoms with van der Waals surface area (Å²) in [7, 11) is 0. The minimum Gasteiger partial charge on any atom is -0.425 e. The number of esters is 1. The Hall–Kier alpha value is -3.48. The maximum atomic E-state index is 12.4. The molecule has 1 aromatic heterocycles. The third-order valence-electron chi connectivity index (χ3n) is 4.32. The zero-order chi connectivity index (χ0) is 18.8. The van der Waals surface area contributed by atoms with E-state index in [9.17, 15) is 14.4 Å². The lowest BCUT2D eigenvalue weighted by molar-refractivity contribution is -0.135. The molecule has 1 amide bonds. The van der Waals surface area contributed by atoms with Crippen LogP contribution < -0.4 is 15.6 Å². The first-order chi connectivity index (χ1) is 13.1. The number of rotatable bonds is 5. The highest BCUT2D eigenvalue weighted by Gasteiger charge is 2.29. The number of hydrogen-bond donors (Lipinski definition) is 1. The van der Waals surface area contributed by atoms with Gasteiger partial charge in [-0.3, -0.25) is 9.59 Å². The molecule has 1 heterocycles. The highest BCUT2D eigenvalue weighted by molar-refractivity contribution is 5.94. The lowest BCUT2D eigenvalue weighted by Crippen LogP contribution is -2.28. The largest absolute Gasteiger partial charge is 0.425 e. The topological polar surface area (TPSA) is 90.3 Å². The molecule has 0 radical (unpaired) electrons. The number of fused-ring (bicyclic) bond motifs is 1. The van der Waals surface area contributed by atoms with Gasteiger partial charge in [-0.2, -0.15) is 5.10 Å². The number of carbonyl (C=O) groups excluding carboxylic acids is 2. The van der Waals surface area contributed by atoms with Gasteiger partial charge in [-0.25, -0.2) is 9.48 Å². The summed E-state index contributed by atoms with van der Waals surface area (Å²) in [5.41, 5.74) is 0.216. The second-order valence-corrected chi connectivity index (χ2v) is 6.46. The molecule has 1 aliphatic rings. The van der Waals surface area contributed by atoms with E-state index in [1.807, 2.05) is 6.07 Å². The van der Waals surface area contributed by atoms with Gasteiger partial charge in [-0.15, -0.1) is 0 Å². The van der Waals surface area contributed by atoms with E-state index in [1.165, 1.54) is 6.20 Å². The highest BCUT2D eigenvalue weighted by Crippen LogP contribution is 2.30. The summed E-state index contributed by atoms with van der Waals surface area (Å²) in [6.07, 6.45) is 3.36. The normalized spacial score (nSPS) is 13.3. The molecule has 4 rings (SSSR count). The Morgan fingerprint density at radius 1 is 1.15 bits per heavy atom. The van der Waals surface area contributed by atoms with Crippen molar-refractivity contribution in [3.63, 3.8) is 0 Å². The average Bonchev–Trinajstić information content (AvgIpc) is 3.50. The van der Waals surface area contributed by atoms with Gasteiger partial charge >= 0.3 is 5.97 Å². The molecule has 0 spiro atoms. The number of ether oxygens (including phenoxy) is 1. The van der Waals surface area contributed by atoms with Gasteiger partial charge in [0.25, 0.3) is 5.56 Å². The van der Waals surface area contributed by atoms with Crippen LogP contribution in [0.5, 0.6) is 5.75 Å². The van der Waals surface area contributed by atoms with Crippen LogP contribution in [0.4, 0.5) is 5.69 Å². The number of aromatic nitrogens is 2. The zero-order valence-corrected chi connectivity index (χ0v) is 14.4. The Balaban J connectivity index is 1.46. The summed E-state index contributed by atoms with van der Waals surface area (Å²) in [5.74, 6) is -0.263. The Morgan fingerprint density at radius 2 is 1.96 bits per heavy atom. The second-order valence-electron chi connectivity index (χ2n) is 6.46. The van der Waals surface area contributed by atoms with Crippen molar-refractivity contribution in [3.8, 4) is 5.75 Å². The summed E-state index contributed by atoms with van der Waals surface area (Å²) in [6.45, 7) is -0.303. The number of anilines is 1. The average molecular weight is 363 g/mol. The minimum atomic E-state index is -0.620. The van der Waals surface area contributed by atoms with E-state index in [2.05, 4.69) is 10.4 Å². The van der Waals surface area contributed by atoms with E-state index in [-0.39, 0.29) is 23.9 Å². The summed E-state index contributed by atoms with van der Waals surface area (Å²) >= 11 is 0. The molecule has 1 saturated carbocycles. The first-order valence-electron chi connectivity index (χ1n) is 8.66. The van der Waals surface area contributed by atoms with E-state index < -0.39 is 5.97 Å². The SMILES string of the molecule is O=C(Cn1ncc2ccccc2c1=O)Oc1cccc(NC(=O)C2CC2)c1. The molecule has 136 valence electrons. The highest BCUT2D eigenvalue weighted by atomic mass is 16.5.